The van der Waals surface area contributed by atoms with Gasteiger partial charge >= 0.3 is 0 Å². The summed E-state index contributed by atoms with van der Waals surface area (Å²) in [6, 6.07) is 12.7. The minimum absolute atomic E-state index is 0. The minimum atomic E-state index is -0.226. The summed E-state index contributed by atoms with van der Waals surface area (Å²) in [6.07, 6.45) is 6.04. The van der Waals surface area contributed by atoms with E-state index >= 15 is 0 Å². The molecule has 37 heavy (non-hydrogen) atoms. The summed E-state index contributed by atoms with van der Waals surface area (Å²) in [5, 5.41) is 19.1. The molecule has 4 aromatic heterocycles. The van der Waals surface area contributed by atoms with Gasteiger partial charge in [-0.15, -0.1) is 20.9 Å². The first-order valence-electron chi connectivity index (χ1n) is 11.6. The fraction of sp³-hybridized carbons (Fsp3) is 0.280. The van der Waals surface area contributed by atoms with Crippen LogP contribution in [-0.4, -0.2) is 49.1 Å². The number of benzene rings is 1. The second kappa shape index (κ2) is 11.5. The first-order chi connectivity index (χ1) is 17.8. The van der Waals surface area contributed by atoms with Crippen LogP contribution in [-0.2, 0) is 60.2 Å². The topological polar surface area (TPSA) is 127 Å². The van der Waals surface area contributed by atoms with Crippen LogP contribution in [0.15, 0.2) is 53.2 Å². The van der Waals surface area contributed by atoms with E-state index in [1.807, 2.05) is 24.3 Å². The maximum absolute atomic E-state index is 10.8. The number of ether oxygens (including phenoxy) is 3. The largest absolute Gasteiger partial charge is 0.470 e. The van der Waals surface area contributed by atoms with Crippen molar-refractivity contribution in [3.8, 4) is 17.4 Å². The van der Waals surface area contributed by atoms with Gasteiger partial charge in [-0.25, -0.2) is 0 Å². The molecule has 5 heterocycles. The Balaban J connectivity index is 0.00000280. The molecule has 0 aliphatic carbocycles. The van der Waals surface area contributed by atoms with E-state index in [1.54, 1.807) is 29.0 Å². The minimum Gasteiger partial charge on any atom is -0.470 e. The van der Waals surface area contributed by atoms with E-state index in [1.165, 1.54) is 6.20 Å². The van der Waals surface area contributed by atoms with Gasteiger partial charge in [0.15, 0.2) is 23.4 Å². The third-order valence-electron chi connectivity index (χ3n) is 5.87. The molecule has 1 saturated heterocycles. The summed E-state index contributed by atoms with van der Waals surface area (Å²) in [5.74, 6) is 1.34. The number of pyridine rings is 1. The molecular weight excluding hydrogens is 553 g/mol. The molecule has 1 unspecified atom stereocenters. The summed E-state index contributed by atoms with van der Waals surface area (Å²) in [6.45, 7) is 1.11. The molecule has 0 saturated carbocycles. The zero-order chi connectivity index (χ0) is 24.3. The van der Waals surface area contributed by atoms with Crippen molar-refractivity contribution in [2.45, 2.75) is 38.8 Å². The molecule has 185 valence electrons. The zero-order valence-corrected chi connectivity index (χ0v) is 22.6. The average Bonchev–Trinajstić information content (AvgIpc) is 3.58. The predicted molar refractivity (Wildman–Crippen MR) is 126 cm³/mol. The summed E-state index contributed by atoms with van der Waals surface area (Å²) >= 11 is 0. The molecule has 0 amide bonds. The average molecular weight is 574 g/mol. The van der Waals surface area contributed by atoms with E-state index in [9.17, 15) is 4.79 Å². The Morgan fingerprint density at radius 2 is 1.97 bits per heavy atom. The Morgan fingerprint density at radius 1 is 1.08 bits per heavy atom. The van der Waals surface area contributed by atoms with Crippen LogP contribution in [0.5, 0.6) is 5.88 Å². The van der Waals surface area contributed by atoms with Gasteiger partial charge in [-0.3, -0.25) is 0 Å². The van der Waals surface area contributed by atoms with Crippen LogP contribution >= 0.6 is 0 Å². The molecule has 0 bridgehead atoms. The normalized spacial score (nSPS) is 15.5. The number of nitrogens with zero attached hydrogens (tertiary/aromatic N) is 6. The molecule has 11 nitrogen and oxygen atoms in total. The first-order valence-corrected chi connectivity index (χ1v) is 11.6. The Kier molecular flexibility index (Phi) is 7.94. The van der Waals surface area contributed by atoms with Gasteiger partial charge in [-0.05, 0) is 25.3 Å². The first kappa shape index (κ1) is 25.5. The second-order valence-electron chi connectivity index (χ2n) is 8.32. The Hall–Kier alpha value is -3.12. The maximum atomic E-state index is 10.8. The van der Waals surface area contributed by atoms with E-state index in [0.29, 0.717) is 46.7 Å². The van der Waals surface area contributed by atoms with Crippen molar-refractivity contribution < 1.29 is 56.2 Å². The van der Waals surface area contributed by atoms with Gasteiger partial charge in [0.1, 0.15) is 13.2 Å². The number of carbonyl (C=O) groups excluding carboxylic acids is 1. The van der Waals surface area contributed by atoms with Crippen molar-refractivity contribution in [2.75, 3.05) is 6.61 Å². The molecule has 1 aliphatic rings. The van der Waals surface area contributed by atoms with Crippen molar-refractivity contribution in [2.24, 2.45) is 0 Å². The maximum Gasteiger partial charge on any atom is 0.240 e. The smallest absolute Gasteiger partial charge is 0.240 e. The zero-order valence-electron chi connectivity index (χ0n) is 19.7. The number of hydrogen-bond acceptors (Lipinski definition) is 10. The van der Waals surface area contributed by atoms with E-state index in [0.717, 1.165) is 30.0 Å². The number of hydrogen-bond donors (Lipinski definition) is 0. The van der Waals surface area contributed by atoms with Crippen LogP contribution in [0.3, 0.4) is 0 Å². The molecule has 1 radical (unpaired) electrons. The van der Waals surface area contributed by atoms with Crippen LogP contribution in [0, 0.1) is 0 Å². The molecule has 12 heteroatoms. The molecule has 1 aliphatic heterocycles. The standard InChI is InChI=1S/C25H21N6O5.Y/c32-13-16-8-9-17(26-12-16)14-35-25-20-6-2-1-5-19(20)23-27-28-24(31(23)29-25)21-11-18(36-30-21)15-34-22-7-3-4-10-33-22;/h1-2,5-6,8-9,11-12,22H,3-4,7,10,14-15H2;/q-1;. The van der Waals surface area contributed by atoms with E-state index < -0.39 is 0 Å². The van der Waals surface area contributed by atoms with Crippen LogP contribution < -0.4 is 4.74 Å². The Bertz CT molecular complexity index is 1510. The summed E-state index contributed by atoms with van der Waals surface area (Å²) in [4.78, 5) is 15.0. The van der Waals surface area contributed by atoms with Crippen LogP contribution in [0.2, 0.25) is 0 Å². The van der Waals surface area contributed by atoms with E-state index in [2.05, 4.69) is 25.4 Å². The molecule has 0 N–H and O–H groups in total. The molecule has 6 rings (SSSR count). The number of rotatable bonds is 8. The van der Waals surface area contributed by atoms with Gasteiger partial charge in [0.05, 0.1) is 12.0 Å². The van der Waals surface area contributed by atoms with E-state index in [-0.39, 0.29) is 52.2 Å². The molecule has 1 aromatic carbocycles. The van der Waals surface area contributed by atoms with Gasteiger partial charge < -0.3 is 28.5 Å². The fourth-order valence-electron chi connectivity index (χ4n) is 4.03. The van der Waals surface area contributed by atoms with Crippen molar-refractivity contribution in [1.82, 2.24) is 30.0 Å². The van der Waals surface area contributed by atoms with Crippen LogP contribution in [0.25, 0.3) is 27.9 Å². The second-order valence-corrected chi connectivity index (χ2v) is 8.32. The van der Waals surface area contributed by atoms with Crippen molar-refractivity contribution in [3.63, 3.8) is 0 Å². The van der Waals surface area contributed by atoms with Crippen molar-refractivity contribution >= 4 is 22.7 Å². The van der Waals surface area contributed by atoms with Crippen molar-refractivity contribution in [3.05, 3.63) is 65.7 Å². The quantitative estimate of drug-likeness (QED) is 0.255. The van der Waals surface area contributed by atoms with Crippen LogP contribution in [0.4, 0.5) is 0 Å². The number of aromatic nitrogens is 6. The molecule has 1 atom stereocenters. The molecular formula is C25H21N6O5Y-. The van der Waals surface area contributed by atoms with E-state index in [4.69, 9.17) is 18.7 Å². The Morgan fingerprint density at radius 3 is 2.76 bits per heavy atom. The SMILES string of the molecule is O=[C-]c1ccc(COc2nn3c(-c4cc(COC5CCCCO5)on4)nnc3c3ccccc23)nc1.[Y]. The summed E-state index contributed by atoms with van der Waals surface area (Å²) < 4.78 is 24.5. The van der Waals surface area contributed by atoms with Crippen molar-refractivity contribution in [1.29, 1.82) is 0 Å². The predicted octanol–water partition coefficient (Wildman–Crippen LogP) is 3.41. The summed E-state index contributed by atoms with van der Waals surface area (Å²) in [5.41, 5.74) is 2.06. The third kappa shape index (κ3) is 5.45. The Labute approximate surface area is 236 Å². The van der Waals surface area contributed by atoms with Gasteiger partial charge in [0.2, 0.25) is 11.7 Å². The molecule has 5 aromatic rings. The van der Waals surface area contributed by atoms with Crippen LogP contribution in [0.1, 0.15) is 36.3 Å². The van der Waals surface area contributed by atoms with Gasteiger partial charge in [0.25, 0.3) is 0 Å². The monoisotopic (exact) mass is 574 g/mol. The molecule has 0 spiro atoms. The van der Waals surface area contributed by atoms with Gasteiger partial charge in [-0.1, -0.05) is 35.6 Å². The summed E-state index contributed by atoms with van der Waals surface area (Å²) in [7, 11) is 0. The fourth-order valence-corrected chi connectivity index (χ4v) is 4.03. The number of fused-ring (bicyclic) bond motifs is 3. The molecule has 1 fully saturated rings. The van der Waals surface area contributed by atoms with Gasteiger partial charge in [-0.2, -0.15) is 10.6 Å². The third-order valence-corrected chi connectivity index (χ3v) is 5.87. The van der Waals surface area contributed by atoms with Gasteiger partial charge in [0, 0.05) is 56.2 Å².